The first kappa shape index (κ1) is 9.61. The second-order valence-electron chi connectivity index (χ2n) is 3.02. The zero-order valence-electron chi connectivity index (χ0n) is 7.37. The van der Waals surface area contributed by atoms with Crippen LogP contribution in [0.2, 0.25) is 0 Å². The topological polar surface area (TPSA) is 51.2 Å². The molecular formula is C9H9BrN2O2. The number of rotatable bonds is 1. The van der Waals surface area contributed by atoms with E-state index < -0.39 is 0 Å². The fourth-order valence-corrected chi connectivity index (χ4v) is 1.90. The van der Waals surface area contributed by atoms with Gasteiger partial charge in [-0.25, -0.2) is 4.98 Å². The minimum absolute atomic E-state index is 0.0861. The number of hydrogen-bond acceptors (Lipinski definition) is 3. The van der Waals surface area contributed by atoms with Crippen molar-refractivity contribution in [1.82, 2.24) is 10.3 Å². The van der Waals surface area contributed by atoms with Crippen LogP contribution in [0.4, 0.5) is 0 Å². The Hall–Kier alpha value is -0.940. The van der Waals surface area contributed by atoms with Gasteiger partial charge in [-0.2, -0.15) is 0 Å². The Morgan fingerprint density at radius 3 is 3.21 bits per heavy atom. The standard InChI is InChI=1S/C9H9BrN2O2/c10-9-6(2-1-3-11-9)7-4-14-5-8(13)12-7/h1-3,7H,4-5H2,(H,12,13)/t7-/m0/s1. The van der Waals surface area contributed by atoms with Gasteiger partial charge in [0, 0.05) is 11.8 Å². The predicted molar refractivity (Wildman–Crippen MR) is 53.6 cm³/mol. The molecule has 0 saturated carbocycles. The molecule has 1 fully saturated rings. The minimum Gasteiger partial charge on any atom is -0.369 e. The first-order valence-corrected chi connectivity index (χ1v) is 5.04. The van der Waals surface area contributed by atoms with E-state index in [9.17, 15) is 4.79 Å². The summed E-state index contributed by atoms with van der Waals surface area (Å²) in [6, 6.07) is 3.65. The number of nitrogens with one attached hydrogen (secondary N) is 1. The third kappa shape index (κ3) is 1.93. The Morgan fingerprint density at radius 2 is 2.50 bits per heavy atom. The average molecular weight is 257 g/mol. The van der Waals surface area contributed by atoms with Gasteiger partial charge in [-0.1, -0.05) is 6.07 Å². The van der Waals surface area contributed by atoms with E-state index in [1.807, 2.05) is 12.1 Å². The van der Waals surface area contributed by atoms with Crippen LogP contribution in [-0.2, 0) is 9.53 Å². The summed E-state index contributed by atoms with van der Waals surface area (Å²) in [5, 5.41) is 2.84. The van der Waals surface area contributed by atoms with Gasteiger partial charge >= 0.3 is 0 Å². The van der Waals surface area contributed by atoms with Crippen LogP contribution in [0, 0.1) is 0 Å². The molecule has 1 amide bonds. The molecule has 0 aromatic carbocycles. The van der Waals surface area contributed by atoms with Gasteiger partial charge in [-0.15, -0.1) is 0 Å². The fourth-order valence-electron chi connectivity index (χ4n) is 1.37. The van der Waals surface area contributed by atoms with Crippen LogP contribution >= 0.6 is 15.9 Å². The van der Waals surface area contributed by atoms with E-state index in [-0.39, 0.29) is 18.6 Å². The number of pyridine rings is 1. The summed E-state index contributed by atoms with van der Waals surface area (Å²) in [5.41, 5.74) is 0.945. The summed E-state index contributed by atoms with van der Waals surface area (Å²) in [5.74, 6) is -0.0861. The number of nitrogens with zero attached hydrogens (tertiary/aromatic N) is 1. The molecule has 1 aromatic heterocycles. The summed E-state index contributed by atoms with van der Waals surface area (Å²) < 4.78 is 5.89. The normalized spacial score (nSPS) is 21.8. The van der Waals surface area contributed by atoms with E-state index >= 15 is 0 Å². The van der Waals surface area contributed by atoms with Crippen molar-refractivity contribution in [3.05, 3.63) is 28.5 Å². The van der Waals surface area contributed by atoms with Crippen molar-refractivity contribution >= 4 is 21.8 Å². The number of hydrogen-bond donors (Lipinski definition) is 1. The van der Waals surface area contributed by atoms with Crippen molar-refractivity contribution in [3.63, 3.8) is 0 Å². The zero-order valence-corrected chi connectivity index (χ0v) is 8.95. The molecule has 1 aromatic rings. The van der Waals surface area contributed by atoms with Crippen molar-refractivity contribution in [2.75, 3.05) is 13.2 Å². The van der Waals surface area contributed by atoms with Crippen LogP contribution in [0.25, 0.3) is 0 Å². The van der Waals surface area contributed by atoms with Crippen molar-refractivity contribution < 1.29 is 9.53 Å². The molecule has 0 bridgehead atoms. The quantitative estimate of drug-likeness (QED) is 0.764. The monoisotopic (exact) mass is 256 g/mol. The van der Waals surface area contributed by atoms with E-state index in [2.05, 4.69) is 26.2 Å². The maximum absolute atomic E-state index is 11.1. The second-order valence-corrected chi connectivity index (χ2v) is 3.77. The van der Waals surface area contributed by atoms with Crippen LogP contribution in [0.15, 0.2) is 22.9 Å². The Kier molecular flexibility index (Phi) is 2.79. The van der Waals surface area contributed by atoms with Gasteiger partial charge in [0.25, 0.3) is 0 Å². The molecule has 1 saturated heterocycles. The van der Waals surface area contributed by atoms with Gasteiger partial charge in [0.2, 0.25) is 5.91 Å². The van der Waals surface area contributed by atoms with Crippen LogP contribution < -0.4 is 5.32 Å². The van der Waals surface area contributed by atoms with E-state index in [0.717, 1.165) is 10.2 Å². The smallest absolute Gasteiger partial charge is 0.246 e. The molecule has 74 valence electrons. The third-order valence-electron chi connectivity index (χ3n) is 2.02. The Bertz CT molecular complexity index is 356. The number of amides is 1. The third-order valence-corrected chi connectivity index (χ3v) is 2.68. The maximum atomic E-state index is 11.1. The molecular weight excluding hydrogens is 248 g/mol. The average Bonchev–Trinajstić information content (AvgIpc) is 2.18. The molecule has 2 heterocycles. The summed E-state index contributed by atoms with van der Waals surface area (Å²) in [6.45, 7) is 0.643. The zero-order chi connectivity index (χ0) is 9.97. The van der Waals surface area contributed by atoms with E-state index in [1.54, 1.807) is 6.20 Å². The lowest BCUT2D eigenvalue weighted by atomic mass is 10.1. The molecule has 2 rings (SSSR count). The number of aromatic nitrogens is 1. The van der Waals surface area contributed by atoms with E-state index in [4.69, 9.17) is 4.74 Å². The minimum atomic E-state index is -0.0978. The van der Waals surface area contributed by atoms with Gasteiger partial charge in [0.15, 0.2) is 0 Å². The highest BCUT2D eigenvalue weighted by Crippen LogP contribution is 2.22. The molecule has 1 aliphatic rings. The molecule has 1 N–H and O–H groups in total. The van der Waals surface area contributed by atoms with Crippen molar-refractivity contribution in [2.24, 2.45) is 0 Å². The number of halogens is 1. The molecule has 0 unspecified atom stereocenters. The first-order chi connectivity index (χ1) is 6.77. The Labute approximate surface area is 89.8 Å². The molecule has 0 radical (unpaired) electrons. The Morgan fingerprint density at radius 1 is 1.64 bits per heavy atom. The predicted octanol–water partition coefficient (Wildman–Crippen LogP) is 1.03. The lowest BCUT2D eigenvalue weighted by Crippen LogP contribution is -2.39. The Balaban J connectivity index is 2.22. The second kappa shape index (κ2) is 4.06. The number of ether oxygens (including phenoxy) is 1. The molecule has 0 aliphatic carbocycles. The molecule has 1 aliphatic heterocycles. The summed E-state index contributed by atoms with van der Waals surface area (Å²) in [7, 11) is 0. The lowest BCUT2D eigenvalue weighted by molar-refractivity contribution is -0.131. The van der Waals surface area contributed by atoms with Gasteiger partial charge < -0.3 is 10.1 Å². The van der Waals surface area contributed by atoms with Gasteiger partial charge in [0.1, 0.15) is 11.2 Å². The SMILES string of the molecule is O=C1COC[C@@H](c2cccnc2Br)N1. The van der Waals surface area contributed by atoms with E-state index in [0.29, 0.717) is 6.61 Å². The summed E-state index contributed by atoms with van der Waals surface area (Å²) in [4.78, 5) is 15.2. The largest absolute Gasteiger partial charge is 0.369 e. The highest BCUT2D eigenvalue weighted by Gasteiger charge is 2.22. The van der Waals surface area contributed by atoms with Crippen LogP contribution in [0.3, 0.4) is 0 Å². The van der Waals surface area contributed by atoms with Gasteiger partial charge in [-0.3, -0.25) is 4.79 Å². The molecule has 14 heavy (non-hydrogen) atoms. The summed E-state index contributed by atoms with van der Waals surface area (Å²) >= 11 is 3.33. The van der Waals surface area contributed by atoms with E-state index in [1.165, 1.54) is 0 Å². The maximum Gasteiger partial charge on any atom is 0.246 e. The first-order valence-electron chi connectivity index (χ1n) is 4.25. The number of morpholine rings is 1. The highest BCUT2D eigenvalue weighted by atomic mass is 79.9. The molecule has 0 spiro atoms. The van der Waals surface area contributed by atoms with Gasteiger partial charge in [0.05, 0.1) is 12.6 Å². The van der Waals surface area contributed by atoms with Crippen molar-refractivity contribution in [3.8, 4) is 0 Å². The van der Waals surface area contributed by atoms with Gasteiger partial charge in [-0.05, 0) is 22.0 Å². The summed E-state index contributed by atoms with van der Waals surface area (Å²) in [6.07, 6.45) is 1.69. The molecule has 4 nitrogen and oxygen atoms in total. The van der Waals surface area contributed by atoms with Crippen LogP contribution in [0.5, 0.6) is 0 Å². The number of carbonyl (C=O) groups is 1. The van der Waals surface area contributed by atoms with Crippen LogP contribution in [-0.4, -0.2) is 24.1 Å². The van der Waals surface area contributed by atoms with Crippen molar-refractivity contribution in [2.45, 2.75) is 6.04 Å². The fraction of sp³-hybridized carbons (Fsp3) is 0.333. The lowest BCUT2D eigenvalue weighted by Gasteiger charge is -2.24. The molecule has 5 heteroatoms. The van der Waals surface area contributed by atoms with Crippen molar-refractivity contribution in [1.29, 1.82) is 0 Å². The molecule has 1 atom stereocenters. The number of carbonyl (C=O) groups excluding carboxylic acids is 1. The highest BCUT2D eigenvalue weighted by molar-refractivity contribution is 9.10. The van der Waals surface area contributed by atoms with Crippen LogP contribution in [0.1, 0.15) is 11.6 Å².